The Morgan fingerprint density at radius 1 is 1.53 bits per heavy atom. The Kier molecular flexibility index (Phi) is 5.04. The molecule has 19 heavy (non-hydrogen) atoms. The topological polar surface area (TPSA) is 68.3 Å². The van der Waals surface area contributed by atoms with Crippen LogP contribution in [0.2, 0.25) is 4.34 Å². The van der Waals surface area contributed by atoms with Crippen LogP contribution in [0, 0.1) is 0 Å². The summed E-state index contributed by atoms with van der Waals surface area (Å²) in [4.78, 5) is 3.13. The molecule has 0 aliphatic carbocycles. The van der Waals surface area contributed by atoms with E-state index in [9.17, 15) is 21.6 Å². The quantitative estimate of drug-likeness (QED) is 0.896. The molecule has 0 saturated heterocycles. The highest BCUT2D eigenvalue weighted by molar-refractivity contribution is 7.92. The van der Waals surface area contributed by atoms with Crippen molar-refractivity contribution in [2.24, 2.45) is 0 Å². The number of rotatable bonds is 5. The Hall–Kier alpha value is -0.580. The molecule has 0 spiro atoms. The molecule has 0 saturated carbocycles. The van der Waals surface area contributed by atoms with Crippen LogP contribution < -0.4 is 4.72 Å². The first-order valence-corrected chi connectivity index (χ1v) is 7.66. The predicted molar refractivity (Wildman–Crippen MR) is 66.0 cm³/mol. The van der Waals surface area contributed by atoms with Gasteiger partial charge in [-0.15, -0.1) is 0 Å². The van der Waals surface area contributed by atoms with Crippen molar-refractivity contribution >= 4 is 38.1 Å². The summed E-state index contributed by atoms with van der Waals surface area (Å²) >= 11 is 5.77. The number of sulfonamides is 1. The van der Waals surface area contributed by atoms with Gasteiger partial charge >= 0.3 is 6.18 Å². The lowest BCUT2D eigenvalue weighted by Crippen LogP contribution is -2.25. The van der Waals surface area contributed by atoms with Crippen molar-refractivity contribution in [3.8, 4) is 0 Å². The summed E-state index contributed by atoms with van der Waals surface area (Å²) in [6, 6.07) is 0. The number of nitrogens with one attached hydrogen (secondary N) is 1. The third-order valence-electron chi connectivity index (χ3n) is 1.95. The van der Waals surface area contributed by atoms with Crippen LogP contribution in [0.3, 0.4) is 0 Å². The zero-order valence-electron chi connectivity index (χ0n) is 9.78. The van der Waals surface area contributed by atoms with Gasteiger partial charge in [-0.3, -0.25) is 4.72 Å². The molecule has 0 aromatic carbocycles. The van der Waals surface area contributed by atoms with Crippen molar-refractivity contribution in [3.05, 3.63) is 10.0 Å². The number of anilines is 1. The fourth-order valence-corrected chi connectivity index (χ4v) is 3.70. The van der Waals surface area contributed by atoms with Gasteiger partial charge in [0.15, 0.2) is 10.8 Å². The lowest BCUT2D eigenvalue weighted by Gasteiger charge is -2.10. The van der Waals surface area contributed by atoms with Gasteiger partial charge in [-0.2, -0.15) is 13.2 Å². The van der Waals surface area contributed by atoms with Gasteiger partial charge in [-0.25, -0.2) is 13.4 Å². The Balaban J connectivity index is 2.90. The fourth-order valence-electron chi connectivity index (χ4n) is 1.07. The van der Waals surface area contributed by atoms with E-state index in [1.54, 1.807) is 0 Å². The molecule has 1 aromatic rings. The van der Waals surface area contributed by atoms with Crippen molar-refractivity contribution < 1.29 is 26.3 Å². The van der Waals surface area contributed by atoms with E-state index in [1.807, 2.05) is 4.72 Å². The molecule has 0 amide bonds. The highest BCUT2D eigenvalue weighted by atomic mass is 35.5. The van der Waals surface area contributed by atoms with E-state index in [4.69, 9.17) is 16.3 Å². The average molecular weight is 339 g/mol. The van der Waals surface area contributed by atoms with Crippen LogP contribution >= 0.6 is 22.9 Å². The van der Waals surface area contributed by atoms with E-state index in [0.717, 1.165) is 0 Å². The summed E-state index contributed by atoms with van der Waals surface area (Å²) in [6.45, 7) is 1.51. The lowest BCUT2D eigenvalue weighted by atomic mass is 10.5. The van der Waals surface area contributed by atoms with E-state index in [0.29, 0.717) is 11.3 Å². The molecule has 0 aliphatic rings. The van der Waals surface area contributed by atoms with Gasteiger partial charge in [0.1, 0.15) is 4.34 Å². The number of thiazole rings is 1. The van der Waals surface area contributed by atoms with Crippen LogP contribution in [0.1, 0.15) is 12.6 Å². The Labute approximate surface area is 116 Å². The van der Waals surface area contributed by atoms with E-state index < -0.39 is 43.2 Å². The minimum atomic E-state index is -4.73. The molecule has 0 aliphatic heterocycles. The van der Waals surface area contributed by atoms with Crippen LogP contribution in [0.5, 0.6) is 0 Å². The second-order valence-corrected chi connectivity index (χ2v) is 6.94. The number of hydrogen-bond acceptors (Lipinski definition) is 5. The number of alkyl halides is 3. The maximum atomic E-state index is 12.4. The minimum absolute atomic E-state index is 0.401. The van der Waals surface area contributed by atoms with Crippen molar-refractivity contribution in [2.75, 3.05) is 17.6 Å². The van der Waals surface area contributed by atoms with Crippen LogP contribution in [-0.4, -0.2) is 32.4 Å². The van der Waals surface area contributed by atoms with Gasteiger partial charge in [0.25, 0.3) is 0 Å². The molecule has 1 heterocycles. The van der Waals surface area contributed by atoms with E-state index in [1.165, 1.54) is 14.0 Å². The first kappa shape index (κ1) is 16.5. The first-order valence-electron chi connectivity index (χ1n) is 4.82. The molecule has 1 unspecified atom stereocenters. The van der Waals surface area contributed by atoms with Gasteiger partial charge < -0.3 is 4.74 Å². The summed E-state index contributed by atoms with van der Waals surface area (Å²) in [6.07, 6.45) is -5.33. The van der Waals surface area contributed by atoms with Gasteiger partial charge in [0, 0.05) is 7.11 Å². The molecule has 0 fully saturated rings. The van der Waals surface area contributed by atoms with Crippen LogP contribution in [0.25, 0.3) is 0 Å². The lowest BCUT2D eigenvalue weighted by molar-refractivity contribution is -0.140. The third-order valence-corrected chi connectivity index (χ3v) is 4.67. The van der Waals surface area contributed by atoms with Crippen LogP contribution in [-0.2, 0) is 20.9 Å². The largest absolute Gasteiger partial charge is 0.435 e. The second kappa shape index (κ2) is 5.81. The molecule has 11 heteroatoms. The second-order valence-electron chi connectivity index (χ2n) is 3.57. The smallest absolute Gasteiger partial charge is 0.381 e. The Morgan fingerprint density at radius 2 is 2.11 bits per heavy atom. The number of hydrogen-bond donors (Lipinski definition) is 1. The molecule has 5 nitrogen and oxygen atoms in total. The summed E-state index contributed by atoms with van der Waals surface area (Å²) in [5.41, 5.74) is -1.31. The SMILES string of the molecule is COC(C)CS(=O)(=O)Nc1nc(C(F)(F)F)c(Cl)s1. The van der Waals surface area contributed by atoms with E-state index in [2.05, 4.69) is 4.98 Å². The highest BCUT2D eigenvalue weighted by Crippen LogP contribution is 2.39. The predicted octanol–water partition coefficient (Wildman–Crippen LogP) is 2.59. The van der Waals surface area contributed by atoms with Crippen molar-refractivity contribution in [3.63, 3.8) is 0 Å². The Bertz CT molecular complexity index is 544. The monoisotopic (exact) mass is 338 g/mol. The van der Waals surface area contributed by atoms with Gasteiger partial charge in [0.05, 0.1) is 11.9 Å². The molecule has 1 rings (SSSR count). The molecular weight excluding hydrogens is 329 g/mol. The maximum absolute atomic E-state index is 12.4. The molecule has 110 valence electrons. The number of nitrogens with zero attached hydrogens (tertiary/aromatic N) is 1. The van der Waals surface area contributed by atoms with Gasteiger partial charge in [-0.1, -0.05) is 22.9 Å². The molecule has 0 bridgehead atoms. The maximum Gasteiger partial charge on any atom is 0.435 e. The zero-order valence-corrected chi connectivity index (χ0v) is 12.2. The first-order chi connectivity index (χ1) is 8.55. The van der Waals surface area contributed by atoms with Crippen molar-refractivity contribution in [2.45, 2.75) is 19.2 Å². The van der Waals surface area contributed by atoms with Crippen molar-refractivity contribution in [1.82, 2.24) is 4.98 Å². The fraction of sp³-hybridized carbons (Fsp3) is 0.625. The van der Waals surface area contributed by atoms with E-state index in [-0.39, 0.29) is 0 Å². The number of ether oxygens (including phenoxy) is 1. The molecule has 1 aromatic heterocycles. The van der Waals surface area contributed by atoms with Crippen LogP contribution in [0.15, 0.2) is 0 Å². The Morgan fingerprint density at radius 3 is 2.53 bits per heavy atom. The average Bonchev–Trinajstić information content (AvgIpc) is 2.57. The highest BCUT2D eigenvalue weighted by Gasteiger charge is 2.37. The third kappa shape index (κ3) is 4.79. The van der Waals surface area contributed by atoms with Gasteiger partial charge in [-0.05, 0) is 6.92 Å². The molecule has 0 radical (unpaired) electrons. The summed E-state index contributed by atoms with van der Waals surface area (Å²) in [7, 11) is -2.53. The zero-order chi connectivity index (χ0) is 14.8. The van der Waals surface area contributed by atoms with E-state index >= 15 is 0 Å². The minimum Gasteiger partial charge on any atom is -0.381 e. The summed E-state index contributed by atoms with van der Waals surface area (Å²) in [5.74, 6) is -0.401. The summed E-state index contributed by atoms with van der Waals surface area (Å²) in [5, 5.41) is -0.430. The number of halogens is 4. The normalized spacial score (nSPS) is 14.4. The summed E-state index contributed by atoms with van der Waals surface area (Å²) < 4.78 is 66.5. The number of aromatic nitrogens is 1. The van der Waals surface area contributed by atoms with Crippen molar-refractivity contribution in [1.29, 1.82) is 0 Å². The standard InChI is InChI=1S/C8H10ClF3N2O3S2/c1-4(17-2)3-19(15,16)14-7-13-5(6(9)18-7)8(10,11)12/h4H,3H2,1-2H3,(H,13,14). The molecule has 1 N–H and O–H groups in total. The number of methoxy groups -OCH3 is 1. The molecule has 1 atom stereocenters. The molecular formula is C8H10ClF3N2O3S2. The van der Waals surface area contributed by atoms with Crippen LogP contribution in [0.4, 0.5) is 18.3 Å². The van der Waals surface area contributed by atoms with Gasteiger partial charge in [0.2, 0.25) is 10.0 Å².